The van der Waals surface area contributed by atoms with E-state index in [9.17, 15) is 26.4 Å². The fraction of sp³-hybridized carbons (Fsp3) is 0.636. The van der Waals surface area contributed by atoms with Gasteiger partial charge in [0.2, 0.25) is 0 Å². The van der Waals surface area contributed by atoms with Crippen molar-refractivity contribution in [2.24, 2.45) is 0 Å². The van der Waals surface area contributed by atoms with Crippen LogP contribution < -0.4 is 103 Å². The van der Waals surface area contributed by atoms with Crippen LogP contribution in [0.5, 0.6) is 0 Å². The van der Waals surface area contributed by atoms with E-state index >= 15 is 0 Å². The van der Waals surface area contributed by atoms with Crippen LogP contribution in [0, 0.1) is 0 Å². The third-order valence-electron chi connectivity index (χ3n) is 2.24. The van der Waals surface area contributed by atoms with Crippen molar-refractivity contribution in [3.05, 3.63) is 12.2 Å². The fourth-order valence-corrected chi connectivity index (χ4v) is 2.20. The maximum atomic E-state index is 11.4. The fourth-order valence-electron chi connectivity index (χ4n) is 1.23. The van der Waals surface area contributed by atoms with E-state index in [0.29, 0.717) is 0 Å². The summed E-state index contributed by atoms with van der Waals surface area (Å²) in [4.78, 5) is 22.7. The average Bonchev–Trinajstić information content (AvgIpc) is 2.37. The Kier molecular flexibility index (Phi) is 19.7. The molecule has 0 aliphatic heterocycles. The standard InChI is InChI=1S/C11H18O10S2.2K.2H/c1-9(11(13)21-5-3-7-23(17,18)19)8-10(12)20-4-2-6-22(14,15)16;;;;/h1-8H2,(H,14,15,16)(H,17,18,19);;;;/q;2*+1;2*-1. The Morgan fingerprint density at radius 2 is 1.28 bits per heavy atom. The van der Waals surface area contributed by atoms with E-state index in [-0.39, 0.29) is 137 Å². The Morgan fingerprint density at radius 1 is 0.880 bits per heavy atom. The zero-order valence-corrected chi connectivity index (χ0v) is 22.0. The summed E-state index contributed by atoms with van der Waals surface area (Å²) >= 11 is 0. The average molecular weight is 455 g/mol. The van der Waals surface area contributed by atoms with Crippen molar-refractivity contribution in [2.75, 3.05) is 24.7 Å². The molecule has 2 N–H and O–H groups in total. The summed E-state index contributed by atoms with van der Waals surface area (Å²) in [6, 6.07) is 0. The zero-order valence-electron chi connectivity index (χ0n) is 16.1. The molecule has 25 heavy (non-hydrogen) atoms. The minimum atomic E-state index is -4.13. The van der Waals surface area contributed by atoms with Gasteiger partial charge in [0, 0.05) is 5.57 Å². The summed E-state index contributed by atoms with van der Waals surface area (Å²) in [5.41, 5.74) is -0.225. The number of hydrogen-bond donors (Lipinski definition) is 2. The predicted molar refractivity (Wildman–Crippen MR) is 80.0 cm³/mol. The van der Waals surface area contributed by atoms with Crippen LogP contribution in [-0.4, -0.2) is 62.6 Å². The first-order valence-corrected chi connectivity index (χ1v) is 9.53. The van der Waals surface area contributed by atoms with Gasteiger partial charge in [0.05, 0.1) is 31.1 Å². The second kappa shape index (κ2) is 15.7. The Bertz CT molecular complexity index is 652. The molecule has 0 heterocycles. The molecule has 0 rings (SSSR count). The first-order chi connectivity index (χ1) is 10.4. The molecule has 10 nitrogen and oxygen atoms in total. The molecule has 0 spiro atoms. The van der Waals surface area contributed by atoms with Crippen molar-refractivity contribution in [2.45, 2.75) is 19.3 Å². The maximum absolute atomic E-state index is 11.4. The summed E-state index contributed by atoms with van der Waals surface area (Å²) in [5, 5.41) is 0. The van der Waals surface area contributed by atoms with Gasteiger partial charge in [-0.25, -0.2) is 4.79 Å². The van der Waals surface area contributed by atoms with Gasteiger partial charge in [-0.15, -0.1) is 0 Å². The third-order valence-corrected chi connectivity index (χ3v) is 3.85. The Balaban J connectivity index is -0.000000403. The second-order valence-corrected chi connectivity index (χ2v) is 7.56. The summed E-state index contributed by atoms with van der Waals surface area (Å²) in [7, 11) is -8.26. The van der Waals surface area contributed by atoms with Gasteiger partial charge in [-0.05, 0) is 12.8 Å². The van der Waals surface area contributed by atoms with E-state index < -0.39 is 50.1 Å². The van der Waals surface area contributed by atoms with Crippen LogP contribution in [0.1, 0.15) is 22.1 Å². The summed E-state index contributed by atoms with van der Waals surface area (Å²) < 4.78 is 67.9. The van der Waals surface area contributed by atoms with E-state index in [4.69, 9.17) is 9.11 Å². The molecule has 0 bridgehead atoms. The molecule has 0 aromatic rings. The first kappa shape index (κ1) is 31.5. The van der Waals surface area contributed by atoms with E-state index in [0.717, 1.165) is 0 Å². The van der Waals surface area contributed by atoms with Crippen LogP contribution in [0.3, 0.4) is 0 Å². The van der Waals surface area contributed by atoms with Crippen molar-refractivity contribution in [3.8, 4) is 0 Å². The van der Waals surface area contributed by atoms with Gasteiger partial charge in [-0.2, -0.15) is 16.8 Å². The zero-order chi connectivity index (χ0) is 18.1. The van der Waals surface area contributed by atoms with Crippen LogP contribution in [0.25, 0.3) is 0 Å². The quantitative estimate of drug-likeness (QED) is 0.101. The molecule has 0 aliphatic rings. The van der Waals surface area contributed by atoms with Crippen molar-refractivity contribution in [3.63, 3.8) is 0 Å². The molecule has 0 aromatic carbocycles. The Hall–Kier alpha value is 1.77. The van der Waals surface area contributed by atoms with Crippen LogP contribution in [0.15, 0.2) is 12.2 Å². The van der Waals surface area contributed by atoms with Crippen molar-refractivity contribution < 1.29 is 151 Å². The van der Waals surface area contributed by atoms with Crippen LogP contribution >= 0.6 is 0 Å². The molecule has 14 heteroatoms. The van der Waals surface area contributed by atoms with Crippen molar-refractivity contribution in [1.29, 1.82) is 0 Å². The van der Waals surface area contributed by atoms with Gasteiger partial charge < -0.3 is 12.3 Å². The molecule has 0 saturated heterocycles. The maximum Gasteiger partial charge on any atom is 1.00 e. The predicted octanol–water partition coefficient (Wildman–Crippen LogP) is -6.19. The largest absolute Gasteiger partial charge is 1.00 e. The molecular weight excluding hydrogens is 434 g/mol. The molecule has 0 amide bonds. The van der Waals surface area contributed by atoms with E-state index in [1.54, 1.807) is 0 Å². The Morgan fingerprint density at radius 3 is 1.68 bits per heavy atom. The van der Waals surface area contributed by atoms with E-state index in [1.165, 1.54) is 0 Å². The number of rotatable bonds is 11. The third kappa shape index (κ3) is 21.9. The number of hydrogen-bond acceptors (Lipinski definition) is 8. The van der Waals surface area contributed by atoms with Gasteiger partial charge in [0.25, 0.3) is 20.2 Å². The Labute approximate surface area is 234 Å². The molecule has 0 saturated carbocycles. The van der Waals surface area contributed by atoms with Crippen LogP contribution in [0.4, 0.5) is 0 Å². The number of ether oxygens (including phenoxy) is 2. The molecule has 0 aromatic heterocycles. The van der Waals surface area contributed by atoms with Crippen LogP contribution in [0.2, 0.25) is 0 Å². The molecule has 138 valence electrons. The molecule has 0 fully saturated rings. The van der Waals surface area contributed by atoms with Gasteiger partial charge >= 0.3 is 115 Å². The molecule has 0 radical (unpaired) electrons. The summed E-state index contributed by atoms with van der Waals surface area (Å²) in [5.74, 6) is -2.88. The molecular formula is C11H20K2O10S2. The topological polar surface area (TPSA) is 161 Å². The molecule has 0 unspecified atom stereocenters. The normalized spacial score (nSPS) is 10.8. The number of carbonyl (C=O) groups is 2. The minimum absolute atomic E-state index is 0. The molecule has 0 atom stereocenters. The van der Waals surface area contributed by atoms with Crippen molar-refractivity contribution >= 4 is 32.2 Å². The first-order valence-electron chi connectivity index (χ1n) is 6.31. The monoisotopic (exact) mass is 454 g/mol. The molecule has 0 aliphatic carbocycles. The second-order valence-electron chi connectivity index (χ2n) is 4.42. The SMILES string of the molecule is C=C(CC(=O)OCCCS(=O)(=O)O)C(=O)OCCCS(=O)(=O)O.[H-].[H-].[K+].[K+]. The van der Waals surface area contributed by atoms with E-state index in [1.807, 2.05) is 0 Å². The number of carbonyl (C=O) groups excluding carboxylic acids is 2. The van der Waals surface area contributed by atoms with Gasteiger partial charge in [-0.1, -0.05) is 6.58 Å². The van der Waals surface area contributed by atoms with E-state index in [2.05, 4.69) is 16.1 Å². The van der Waals surface area contributed by atoms with Gasteiger partial charge in [0.15, 0.2) is 0 Å². The summed E-state index contributed by atoms with van der Waals surface area (Å²) in [6.07, 6.45) is -0.696. The van der Waals surface area contributed by atoms with Crippen LogP contribution in [-0.2, 0) is 39.3 Å². The minimum Gasteiger partial charge on any atom is -1.00 e. The smallest absolute Gasteiger partial charge is 1.00 e. The van der Waals surface area contributed by atoms with Gasteiger partial charge in [0.1, 0.15) is 0 Å². The van der Waals surface area contributed by atoms with Crippen molar-refractivity contribution in [1.82, 2.24) is 0 Å². The van der Waals surface area contributed by atoms with Gasteiger partial charge in [-0.3, -0.25) is 13.9 Å². The number of esters is 2. The summed E-state index contributed by atoms with van der Waals surface area (Å²) in [6.45, 7) is 2.78.